The maximum atomic E-state index is 11.8. The van der Waals surface area contributed by atoms with Crippen molar-refractivity contribution in [2.45, 2.75) is 32.1 Å². The van der Waals surface area contributed by atoms with Crippen LogP contribution in [0.1, 0.15) is 20.3 Å². The van der Waals surface area contributed by atoms with Crippen LogP contribution < -0.4 is 11.3 Å². The predicted molar refractivity (Wildman–Crippen MR) is 68.7 cm³/mol. The van der Waals surface area contributed by atoms with Crippen LogP contribution in [0.25, 0.3) is 0 Å². The first kappa shape index (κ1) is 13.8. The lowest BCUT2D eigenvalue weighted by Gasteiger charge is -2.11. The molecule has 0 radical (unpaired) electrons. The van der Waals surface area contributed by atoms with Gasteiger partial charge in [-0.3, -0.25) is 4.79 Å². The van der Waals surface area contributed by atoms with Gasteiger partial charge in [0.25, 0.3) is 5.56 Å². The third-order valence-corrected chi connectivity index (χ3v) is 5.12. The number of hydrogen-bond acceptors (Lipinski definition) is 4. The lowest BCUT2D eigenvalue weighted by Crippen LogP contribution is -2.27. The summed E-state index contributed by atoms with van der Waals surface area (Å²) in [4.78, 5) is 11.4. The molecule has 96 valence electrons. The Kier molecular flexibility index (Phi) is 4.34. The van der Waals surface area contributed by atoms with Crippen molar-refractivity contribution >= 4 is 15.5 Å². The van der Waals surface area contributed by atoms with Gasteiger partial charge in [-0.1, -0.05) is 6.92 Å². The minimum Gasteiger partial charge on any atom is -0.398 e. The van der Waals surface area contributed by atoms with E-state index in [-0.39, 0.29) is 23.1 Å². The molecular weight excluding hydrogens is 240 g/mol. The number of sulfone groups is 1. The Hall–Kier alpha value is -1.30. The molecule has 0 bridgehead atoms. The highest BCUT2D eigenvalue weighted by molar-refractivity contribution is 7.91. The van der Waals surface area contributed by atoms with Gasteiger partial charge in [0.15, 0.2) is 9.84 Å². The first-order valence-electron chi connectivity index (χ1n) is 5.54. The van der Waals surface area contributed by atoms with Gasteiger partial charge in [-0.05, 0) is 19.4 Å². The van der Waals surface area contributed by atoms with E-state index in [9.17, 15) is 13.2 Å². The van der Waals surface area contributed by atoms with E-state index in [0.29, 0.717) is 12.1 Å². The van der Waals surface area contributed by atoms with Gasteiger partial charge in [-0.15, -0.1) is 0 Å². The fraction of sp³-hybridized carbons (Fsp3) is 0.545. The summed E-state index contributed by atoms with van der Waals surface area (Å²) in [6, 6.07) is 2.84. The Labute approximate surface area is 101 Å². The smallest absolute Gasteiger partial charge is 0.250 e. The molecule has 0 aromatic carbocycles. The number of anilines is 1. The van der Waals surface area contributed by atoms with Crippen LogP contribution in [-0.2, 0) is 16.4 Å². The van der Waals surface area contributed by atoms with Crippen LogP contribution in [0, 0.1) is 0 Å². The van der Waals surface area contributed by atoms with E-state index >= 15 is 0 Å². The highest BCUT2D eigenvalue weighted by Crippen LogP contribution is 2.06. The lowest BCUT2D eigenvalue weighted by molar-refractivity contribution is 0.572. The molecule has 2 N–H and O–H groups in total. The SMILES string of the molecule is CCC(C)S(=O)(=O)CCn1cc(N)ccc1=O. The normalized spacial score (nSPS) is 13.5. The number of nitrogen functional groups attached to an aromatic ring is 1. The molecule has 0 saturated carbocycles. The zero-order chi connectivity index (χ0) is 13.1. The topological polar surface area (TPSA) is 82.2 Å². The third kappa shape index (κ3) is 3.59. The van der Waals surface area contributed by atoms with Crippen molar-refractivity contribution in [3.05, 3.63) is 28.7 Å². The molecule has 0 aliphatic rings. The molecule has 17 heavy (non-hydrogen) atoms. The monoisotopic (exact) mass is 258 g/mol. The van der Waals surface area contributed by atoms with Crippen LogP contribution >= 0.6 is 0 Å². The van der Waals surface area contributed by atoms with Crippen LogP contribution in [-0.4, -0.2) is 24.0 Å². The molecule has 1 heterocycles. The van der Waals surface area contributed by atoms with Crippen molar-refractivity contribution < 1.29 is 8.42 Å². The van der Waals surface area contributed by atoms with Crippen molar-refractivity contribution in [1.29, 1.82) is 0 Å². The van der Waals surface area contributed by atoms with Crippen LogP contribution in [0.4, 0.5) is 5.69 Å². The van der Waals surface area contributed by atoms with Crippen molar-refractivity contribution in [3.8, 4) is 0 Å². The summed E-state index contributed by atoms with van der Waals surface area (Å²) in [7, 11) is -3.14. The van der Waals surface area contributed by atoms with Crippen molar-refractivity contribution in [1.82, 2.24) is 4.57 Å². The van der Waals surface area contributed by atoms with Gasteiger partial charge < -0.3 is 10.3 Å². The number of nitrogens with zero attached hydrogens (tertiary/aromatic N) is 1. The van der Waals surface area contributed by atoms with Crippen LogP contribution in [0.15, 0.2) is 23.1 Å². The second-order valence-corrected chi connectivity index (χ2v) is 6.62. The fourth-order valence-electron chi connectivity index (χ4n) is 1.41. The summed E-state index contributed by atoms with van der Waals surface area (Å²) in [5, 5.41) is -0.376. The molecule has 5 nitrogen and oxygen atoms in total. The molecule has 0 aliphatic heterocycles. The molecule has 1 atom stereocenters. The van der Waals surface area contributed by atoms with Crippen LogP contribution in [0.3, 0.4) is 0 Å². The van der Waals surface area contributed by atoms with E-state index in [2.05, 4.69) is 0 Å². The first-order chi connectivity index (χ1) is 7.86. The molecule has 1 aromatic heterocycles. The van der Waals surface area contributed by atoms with Gasteiger partial charge in [0, 0.05) is 24.5 Å². The molecule has 0 aliphatic carbocycles. The zero-order valence-corrected chi connectivity index (χ0v) is 10.9. The number of rotatable bonds is 5. The van der Waals surface area contributed by atoms with E-state index in [1.807, 2.05) is 6.92 Å². The number of hydrogen-bond donors (Lipinski definition) is 1. The summed E-state index contributed by atoms with van der Waals surface area (Å²) < 4.78 is 24.9. The molecule has 0 saturated heterocycles. The molecule has 1 aromatic rings. The van der Waals surface area contributed by atoms with Gasteiger partial charge in [-0.2, -0.15) is 0 Å². The minimum atomic E-state index is -3.14. The zero-order valence-electron chi connectivity index (χ0n) is 10.1. The van der Waals surface area contributed by atoms with E-state index in [4.69, 9.17) is 5.73 Å². The third-order valence-electron chi connectivity index (χ3n) is 2.81. The summed E-state index contributed by atoms with van der Waals surface area (Å²) in [5.41, 5.74) is 5.76. The fourth-order valence-corrected chi connectivity index (χ4v) is 2.77. The van der Waals surface area contributed by atoms with Gasteiger partial charge in [-0.25, -0.2) is 8.42 Å². The molecule has 0 spiro atoms. The van der Waals surface area contributed by atoms with Gasteiger partial charge in [0.05, 0.1) is 11.0 Å². The number of pyridine rings is 1. The molecule has 0 amide bonds. The van der Waals surface area contributed by atoms with Gasteiger partial charge in [0.1, 0.15) is 0 Å². The number of nitrogens with two attached hydrogens (primary N) is 1. The average Bonchev–Trinajstić information content (AvgIpc) is 2.29. The summed E-state index contributed by atoms with van der Waals surface area (Å²) in [6.45, 7) is 3.66. The Morgan fingerprint density at radius 1 is 1.41 bits per heavy atom. The van der Waals surface area contributed by atoms with E-state index < -0.39 is 9.84 Å². The van der Waals surface area contributed by atoms with Crippen LogP contribution in [0.5, 0.6) is 0 Å². The second kappa shape index (κ2) is 5.35. The van der Waals surface area contributed by atoms with Crippen molar-refractivity contribution in [2.24, 2.45) is 0 Å². The highest BCUT2D eigenvalue weighted by atomic mass is 32.2. The lowest BCUT2D eigenvalue weighted by atomic mass is 10.4. The maximum Gasteiger partial charge on any atom is 0.250 e. The quantitative estimate of drug-likeness (QED) is 0.840. The Morgan fingerprint density at radius 2 is 2.06 bits per heavy atom. The second-order valence-electron chi connectivity index (χ2n) is 4.08. The van der Waals surface area contributed by atoms with Gasteiger partial charge in [0.2, 0.25) is 0 Å². The van der Waals surface area contributed by atoms with Gasteiger partial charge >= 0.3 is 0 Å². The number of aromatic nitrogens is 1. The minimum absolute atomic E-state index is 0.0363. The van der Waals surface area contributed by atoms with Crippen molar-refractivity contribution in [3.63, 3.8) is 0 Å². The standard InChI is InChI=1S/C11H18N2O3S/c1-3-9(2)17(15,16)7-6-13-8-10(12)4-5-11(13)14/h4-5,8-9H,3,6-7,12H2,1-2H3. The molecule has 0 fully saturated rings. The maximum absolute atomic E-state index is 11.8. The largest absolute Gasteiger partial charge is 0.398 e. The summed E-state index contributed by atoms with van der Waals surface area (Å²) in [6.07, 6.45) is 2.04. The molecule has 1 rings (SSSR count). The average molecular weight is 258 g/mol. The van der Waals surface area contributed by atoms with E-state index in [0.717, 1.165) is 0 Å². The summed E-state index contributed by atoms with van der Waals surface area (Å²) in [5.74, 6) is -0.0363. The Bertz CT molecular complexity index is 534. The van der Waals surface area contributed by atoms with Crippen molar-refractivity contribution in [2.75, 3.05) is 11.5 Å². The highest BCUT2D eigenvalue weighted by Gasteiger charge is 2.18. The molecule has 1 unspecified atom stereocenters. The first-order valence-corrected chi connectivity index (χ1v) is 7.26. The summed E-state index contributed by atoms with van der Waals surface area (Å²) >= 11 is 0. The predicted octanol–water partition coefficient (Wildman–Crippen LogP) is 0.644. The van der Waals surface area contributed by atoms with E-state index in [1.165, 1.54) is 22.9 Å². The molecular formula is C11H18N2O3S. The Morgan fingerprint density at radius 3 is 2.65 bits per heavy atom. The van der Waals surface area contributed by atoms with E-state index in [1.54, 1.807) is 6.92 Å². The molecule has 6 heteroatoms. The van der Waals surface area contributed by atoms with Crippen LogP contribution in [0.2, 0.25) is 0 Å². The Balaban J connectivity index is 2.81. The number of aryl methyl sites for hydroxylation is 1.